The van der Waals surface area contributed by atoms with Crippen LogP contribution in [0.25, 0.3) is 10.1 Å². The molecule has 0 aliphatic carbocycles. The van der Waals surface area contributed by atoms with Crippen LogP contribution in [0.4, 0.5) is 0 Å². The van der Waals surface area contributed by atoms with Gasteiger partial charge in [-0.2, -0.15) is 0 Å². The lowest BCUT2D eigenvalue weighted by Gasteiger charge is -1.92. The van der Waals surface area contributed by atoms with Crippen LogP contribution < -0.4 is 0 Å². The molecule has 2 nitrogen and oxygen atoms in total. The van der Waals surface area contributed by atoms with E-state index in [-0.39, 0.29) is 5.75 Å². The highest BCUT2D eigenvalue weighted by atomic mass is 32.1. The summed E-state index contributed by atoms with van der Waals surface area (Å²) in [5.74, 6) is 0.515. The van der Waals surface area contributed by atoms with Gasteiger partial charge in [0.1, 0.15) is 11.5 Å². The number of aromatic hydroxyl groups is 2. The van der Waals surface area contributed by atoms with Crippen molar-refractivity contribution >= 4 is 21.4 Å². The maximum absolute atomic E-state index is 9.71. The zero-order valence-electron chi connectivity index (χ0n) is 7.24. The number of benzene rings is 1. The Morgan fingerprint density at radius 1 is 1.31 bits per heavy atom. The molecule has 2 rings (SSSR count). The molecule has 0 unspecified atom stereocenters. The number of aryl methyl sites for hydroxylation is 1. The minimum absolute atomic E-state index is 0.197. The minimum Gasteiger partial charge on any atom is -0.508 e. The lowest BCUT2D eigenvalue weighted by Crippen LogP contribution is -1.70. The van der Waals surface area contributed by atoms with Crippen LogP contribution in [0, 0.1) is 0 Å². The zero-order valence-corrected chi connectivity index (χ0v) is 8.06. The summed E-state index contributed by atoms with van der Waals surface area (Å²) < 4.78 is 1.02. The number of fused-ring (bicyclic) bond motifs is 1. The van der Waals surface area contributed by atoms with Crippen LogP contribution in [0.5, 0.6) is 11.5 Å². The average molecular weight is 194 g/mol. The Morgan fingerprint density at radius 2 is 2.08 bits per heavy atom. The summed E-state index contributed by atoms with van der Waals surface area (Å²) in [7, 11) is 0. The molecule has 0 amide bonds. The van der Waals surface area contributed by atoms with E-state index in [4.69, 9.17) is 0 Å². The van der Waals surface area contributed by atoms with Gasteiger partial charge >= 0.3 is 0 Å². The summed E-state index contributed by atoms with van der Waals surface area (Å²) in [6.45, 7) is 2.00. The Labute approximate surface area is 80.1 Å². The lowest BCUT2D eigenvalue weighted by atomic mass is 10.2. The number of thiophene rings is 1. The second-order valence-corrected chi connectivity index (χ2v) is 4.04. The van der Waals surface area contributed by atoms with Gasteiger partial charge in [-0.25, -0.2) is 0 Å². The van der Waals surface area contributed by atoms with E-state index >= 15 is 0 Å². The van der Waals surface area contributed by atoms with Crippen molar-refractivity contribution < 1.29 is 10.2 Å². The van der Waals surface area contributed by atoms with Crippen molar-refractivity contribution in [3.8, 4) is 11.5 Å². The van der Waals surface area contributed by atoms with Crippen LogP contribution in [0.1, 0.15) is 11.8 Å². The molecule has 2 aromatic rings. The molecule has 0 saturated heterocycles. The first-order valence-electron chi connectivity index (χ1n) is 4.15. The largest absolute Gasteiger partial charge is 0.508 e. The predicted octanol–water partition coefficient (Wildman–Crippen LogP) is 2.87. The lowest BCUT2D eigenvalue weighted by molar-refractivity contribution is 0.470. The molecule has 1 aromatic carbocycles. The molecule has 0 bridgehead atoms. The normalized spacial score (nSPS) is 10.8. The molecule has 0 spiro atoms. The highest BCUT2D eigenvalue weighted by Crippen LogP contribution is 2.38. The molecule has 0 aliphatic rings. The molecule has 0 radical (unpaired) electrons. The Morgan fingerprint density at radius 3 is 2.77 bits per heavy atom. The van der Waals surface area contributed by atoms with Crippen molar-refractivity contribution in [1.82, 2.24) is 0 Å². The summed E-state index contributed by atoms with van der Waals surface area (Å²) in [5.41, 5.74) is 0. The van der Waals surface area contributed by atoms with E-state index in [2.05, 4.69) is 0 Å². The predicted molar refractivity (Wildman–Crippen MR) is 54.5 cm³/mol. The van der Waals surface area contributed by atoms with Gasteiger partial charge in [0.15, 0.2) is 0 Å². The molecule has 1 heterocycles. The smallest absolute Gasteiger partial charge is 0.137 e. The molecule has 13 heavy (non-hydrogen) atoms. The SMILES string of the molecule is CCc1sc2ccc(O)cc2c1O. The van der Waals surface area contributed by atoms with Gasteiger partial charge in [0.05, 0.1) is 0 Å². The number of rotatable bonds is 1. The van der Waals surface area contributed by atoms with E-state index in [1.54, 1.807) is 23.5 Å². The molecular weight excluding hydrogens is 184 g/mol. The second-order valence-electron chi connectivity index (χ2n) is 2.91. The molecule has 0 fully saturated rings. The molecule has 1 aromatic heterocycles. The third kappa shape index (κ3) is 1.25. The first-order valence-corrected chi connectivity index (χ1v) is 4.97. The van der Waals surface area contributed by atoms with Crippen LogP contribution >= 0.6 is 11.3 Å². The van der Waals surface area contributed by atoms with Crippen molar-refractivity contribution in [2.24, 2.45) is 0 Å². The Bertz CT molecular complexity index is 445. The second kappa shape index (κ2) is 2.92. The molecule has 0 aliphatic heterocycles. The molecule has 68 valence electrons. The molecular formula is C10H10O2S. The van der Waals surface area contributed by atoms with E-state index in [0.717, 1.165) is 21.4 Å². The van der Waals surface area contributed by atoms with Crippen LogP contribution in [-0.2, 0) is 6.42 Å². The Hall–Kier alpha value is -1.22. The number of hydrogen-bond acceptors (Lipinski definition) is 3. The van der Waals surface area contributed by atoms with Gasteiger partial charge in [0.25, 0.3) is 0 Å². The van der Waals surface area contributed by atoms with Gasteiger partial charge in [0.2, 0.25) is 0 Å². The average Bonchev–Trinajstić information content (AvgIpc) is 2.44. The monoisotopic (exact) mass is 194 g/mol. The maximum atomic E-state index is 9.71. The quantitative estimate of drug-likeness (QED) is 0.732. The van der Waals surface area contributed by atoms with Gasteiger partial charge in [0, 0.05) is 15.0 Å². The van der Waals surface area contributed by atoms with Crippen LogP contribution in [0.2, 0.25) is 0 Å². The number of hydrogen-bond donors (Lipinski definition) is 2. The topological polar surface area (TPSA) is 40.5 Å². The first kappa shape index (κ1) is 8.38. The standard InChI is InChI=1S/C10H10O2S/c1-2-8-10(12)7-5-6(11)3-4-9(7)13-8/h3-5,11-12H,2H2,1H3. The van der Waals surface area contributed by atoms with Gasteiger partial charge in [-0.3, -0.25) is 0 Å². The van der Waals surface area contributed by atoms with Crippen molar-refractivity contribution in [2.45, 2.75) is 13.3 Å². The highest BCUT2D eigenvalue weighted by molar-refractivity contribution is 7.19. The van der Waals surface area contributed by atoms with Crippen molar-refractivity contribution in [1.29, 1.82) is 0 Å². The summed E-state index contributed by atoms with van der Waals surface area (Å²) in [4.78, 5) is 0.973. The van der Waals surface area contributed by atoms with Gasteiger partial charge in [-0.15, -0.1) is 11.3 Å². The Kier molecular flexibility index (Phi) is 1.88. The van der Waals surface area contributed by atoms with E-state index in [1.165, 1.54) is 0 Å². The molecule has 3 heteroatoms. The van der Waals surface area contributed by atoms with E-state index < -0.39 is 0 Å². The molecule has 2 N–H and O–H groups in total. The fourth-order valence-electron chi connectivity index (χ4n) is 1.36. The number of phenolic OH excluding ortho intramolecular Hbond substituents is 1. The first-order chi connectivity index (χ1) is 6.22. The van der Waals surface area contributed by atoms with E-state index in [1.807, 2.05) is 13.0 Å². The van der Waals surface area contributed by atoms with E-state index in [9.17, 15) is 10.2 Å². The van der Waals surface area contributed by atoms with Crippen molar-refractivity contribution in [2.75, 3.05) is 0 Å². The molecule has 0 saturated carbocycles. The fourth-order valence-corrected chi connectivity index (χ4v) is 2.38. The van der Waals surface area contributed by atoms with E-state index in [0.29, 0.717) is 5.75 Å². The minimum atomic E-state index is 0.197. The van der Waals surface area contributed by atoms with Crippen molar-refractivity contribution in [3.63, 3.8) is 0 Å². The summed E-state index contributed by atoms with van der Waals surface area (Å²) in [6.07, 6.45) is 0.825. The summed E-state index contributed by atoms with van der Waals surface area (Å²) in [6, 6.07) is 5.06. The van der Waals surface area contributed by atoms with Crippen LogP contribution in [0.3, 0.4) is 0 Å². The van der Waals surface area contributed by atoms with Gasteiger partial charge in [-0.05, 0) is 24.6 Å². The third-order valence-corrected chi connectivity index (χ3v) is 3.34. The van der Waals surface area contributed by atoms with Crippen LogP contribution in [-0.4, -0.2) is 10.2 Å². The van der Waals surface area contributed by atoms with Crippen molar-refractivity contribution in [3.05, 3.63) is 23.1 Å². The zero-order chi connectivity index (χ0) is 9.42. The maximum Gasteiger partial charge on any atom is 0.137 e. The number of phenols is 1. The third-order valence-electron chi connectivity index (χ3n) is 2.04. The van der Waals surface area contributed by atoms with Gasteiger partial charge in [-0.1, -0.05) is 6.92 Å². The Balaban J connectivity index is 2.77. The van der Waals surface area contributed by atoms with Gasteiger partial charge < -0.3 is 10.2 Å². The summed E-state index contributed by atoms with van der Waals surface area (Å²) in [5, 5.41) is 19.7. The fraction of sp³-hybridized carbons (Fsp3) is 0.200. The van der Waals surface area contributed by atoms with Crippen LogP contribution in [0.15, 0.2) is 18.2 Å². The molecule has 0 atom stereocenters. The highest BCUT2D eigenvalue weighted by Gasteiger charge is 2.09. The summed E-state index contributed by atoms with van der Waals surface area (Å²) >= 11 is 1.57.